The molecule has 0 saturated heterocycles. The Hall–Kier alpha value is -2.30. The Morgan fingerprint density at radius 1 is 1.39 bits per heavy atom. The van der Waals surface area contributed by atoms with Crippen molar-refractivity contribution in [2.24, 2.45) is 0 Å². The van der Waals surface area contributed by atoms with E-state index < -0.39 is 0 Å². The Labute approximate surface area is 106 Å². The molecule has 1 heterocycles. The highest BCUT2D eigenvalue weighted by molar-refractivity contribution is 5.95. The highest BCUT2D eigenvalue weighted by Gasteiger charge is 2.11. The summed E-state index contributed by atoms with van der Waals surface area (Å²) in [7, 11) is 3.43. The van der Waals surface area contributed by atoms with Crippen LogP contribution in [0, 0.1) is 6.92 Å². The van der Waals surface area contributed by atoms with Gasteiger partial charge in [0.25, 0.3) is 5.91 Å². The zero-order chi connectivity index (χ0) is 13.3. The minimum absolute atomic E-state index is 0.0596. The number of nitrogens with two attached hydrogens (primary N) is 1. The van der Waals surface area contributed by atoms with Crippen LogP contribution >= 0.6 is 0 Å². The van der Waals surface area contributed by atoms with Crippen molar-refractivity contribution >= 4 is 11.6 Å². The van der Waals surface area contributed by atoms with Crippen molar-refractivity contribution in [1.29, 1.82) is 0 Å². The van der Waals surface area contributed by atoms with Crippen LogP contribution in [0.25, 0.3) is 5.69 Å². The maximum atomic E-state index is 11.8. The maximum Gasteiger partial charge on any atom is 0.253 e. The maximum absolute atomic E-state index is 11.8. The van der Waals surface area contributed by atoms with Gasteiger partial charge in [-0.1, -0.05) is 0 Å². The van der Waals surface area contributed by atoms with Crippen LogP contribution in [0.4, 0.5) is 5.69 Å². The normalized spacial score (nSPS) is 10.4. The first-order valence-electron chi connectivity index (χ1n) is 5.62. The van der Waals surface area contributed by atoms with Crippen molar-refractivity contribution in [1.82, 2.24) is 14.5 Å². The Morgan fingerprint density at radius 3 is 2.61 bits per heavy atom. The zero-order valence-corrected chi connectivity index (χ0v) is 10.7. The van der Waals surface area contributed by atoms with Crippen LogP contribution in [0.5, 0.6) is 0 Å². The molecule has 0 aliphatic heterocycles. The van der Waals surface area contributed by atoms with E-state index >= 15 is 0 Å². The summed E-state index contributed by atoms with van der Waals surface area (Å²) in [4.78, 5) is 17.5. The molecule has 1 amide bonds. The highest BCUT2D eigenvalue weighted by atomic mass is 16.2. The smallest absolute Gasteiger partial charge is 0.253 e. The van der Waals surface area contributed by atoms with E-state index in [1.54, 1.807) is 32.4 Å². The molecule has 1 aromatic carbocycles. The van der Waals surface area contributed by atoms with E-state index in [1.165, 1.54) is 4.90 Å². The fourth-order valence-corrected chi connectivity index (χ4v) is 1.80. The number of aromatic nitrogens is 2. The average Bonchev–Trinajstić information content (AvgIpc) is 2.74. The molecule has 2 aromatic rings. The first-order valence-corrected chi connectivity index (χ1v) is 5.62. The third-order valence-corrected chi connectivity index (χ3v) is 2.77. The monoisotopic (exact) mass is 244 g/mol. The van der Waals surface area contributed by atoms with Crippen LogP contribution in [0.15, 0.2) is 30.6 Å². The number of imidazole rings is 1. The average molecular weight is 244 g/mol. The number of hydrogen-bond donors (Lipinski definition) is 1. The second kappa shape index (κ2) is 4.52. The number of nitrogens with zero attached hydrogens (tertiary/aromatic N) is 3. The molecule has 0 radical (unpaired) electrons. The Morgan fingerprint density at radius 2 is 2.11 bits per heavy atom. The summed E-state index contributed by atoms with van der Waals surface area (Å²) in [6.45, 7) is 1.90. The van der Waals surface area contributed by atoms with Crippen LogP contribution in [-0.4, -0.2) is 34.5 Å². The van der Waals surface area contributed by atoms with Gasteiger partial charge < -0.3 is 15.2 Å². The third-order valence-electron chi connectivity index (χ3n) is 2.77. The number of nitrogen functional groups attached to an aromatic ring is 1. The van der Waals surface area contributed by atoms with Crippen molar-refractivity contribution in [2.75, 3.05) is 19.8 Å². The van der Waals surface area contributed by atoms with Gasteiger partial charge in [0.05, 0.1) is 11.4 Å². The second-order valence-electron chi connectivity index (χ2n) is 4.32. The summed E-state index contributed by atoms with van der Waals surface area (Å²) < 4.78 is 1.89. The lowest BCUT2D eigenvalue weighted by atomic mass is 10.1. The van der Waals surface area contributed by atoms with Crippen LogP contribution in [0.1, 0.15) is 16.2 Å². The van der Waals surface area contributed by atoms with Crippen molar-refractivity contribution in [3.8, 4) is 5.69 Å². The zero-order valence-electron chi connectivity index (χ0n) is 10.7. The van der Waals surface area contributed by atoms with Gasteiger partial charge in [-0.2, -0.15) is 0 Å². The summed E-state index contributed by atoms with van der Waals surface area (Å²) in [5.74, 6) is 0.795. The fourth-order valence-electron chi connectivity index (χ4n) is 1.80. The molecule has 0 aliphatic carbocycles. The van der Waals surface area contributed by atoms with E-state index in [1.807, 2.05) is 23.8 Å². The Kier molecular flexibility index (Phi) is 3.06. The molecule has 1 aromatic heterocycles. The Bertz CT molecular complexity index is 586. The predicted octanol–water partition coefficient (Wildman–Crippen LogP) is 1.46. The molecule has 0 bridgehead atoms. The number of hydrogen-bond acceptors (Lipinski definition) is 3. The van der Waals surface area contributed by atoms with Gasteiger partial charge in [0, 0.05) is 32.1 Å². The van der Waals surface area contributed by atoms with E-state index in [4.69, 9.17) is 5.73 Å². The number of anilines is 1. The van der Waals surface area contributed by atoms with E-state index in [-0.39, 0.29) is 5.91 Å². The first-order chi connectivity index (χ1) is 8.50. The predicted molar refractivity (Wildman–Crippen MR) is 70.7 cm³/mol. The fraction of sp³-hybridized carbons (Fsp3) is 0.231. The molecular formula is C13H16N4O. The van der Waals surface area contributed by atoms with Crippen molar-refractivity contribution < 1.29 is 4.79 Å². The molecular weight excluding hydrogens is 228 g/mol. The van der Waals surface area contributed by atoms with Crippen LogP contribution in [0.2, 0.25) is 0 Å². The highest BCUT2D eigenvalue weighted by Crippen LogP contribution is 2.20. The van der Waals surface area contributed by atoms with Gasteiger partial charge in [-0.15, -0.1) is 0 Å². The van der Waals surface area contributed by atoms with E-state index in [2.05, 4.69) is 4.98 Å². The van der Waals surface area contributed by atoms with Crippen molar-refractivity contribution in [3.05, 3.63) is 42.0 Å². The molecule has 2 N–H and O–H groups in total. The van der Waals surface area contributed by atoms with E-state index in [0.29, 0.717) is 11.3 Å². The molecule has 0 aliphatic rings. The Balaban J connectivity index is 2.43. The topological polar surface area (TPSA) is 64.2 Å². The van der Waals surface area contributed by atoms with Crippen LogP contribution in [0.3, 0.4) is 0 Å². The molecule has 5 nitrogen and oxygen atoms in total. The SMILES string of the molecule is Cc1nccn1-c1ccc(C(=O)N(C)C)cc1N. The van der Waals surface area contributed by atoms with Gasteiger partial charge in [0.15, 0.2) is 0 Å². The summed E-state index contributed by atoms with van der Waals surface area (Å²) in [6, 6.07) is 5.30. The number of aryl methyl sites for hydroxylation is 1. The number of amides is 1. The quantitative estimate of drug-likeness (QED) is 0.813. The van der Waals surface area contributed by atoms with Crippen molar-refractivity contribution in [2.45, 2.75) is 6.92 Å². The summed E-state index contributed by atoms with van der Waals surface area (Å²) in [5.41, 5.74) is 7.98. The second-order valence-corrected chi connectivity index (χ2v) is 4.32. The van der Waals surface area contributed by atoms with Gasteiger partial charge in [-0.25, -0.2) is 4.98 Å². The third kappa shape index (κ3) is 2.07. The summed E-state index contributed by atoms with van der Waals surface area (Å²) >= 11 is 0. The molecule has 5 heteroatoms. The molecule has 0 atom stereocenters. The van der Waals surface area contributed by atoms with Crippen molar-refractivity contribution in [3.63, 3.8) is 0 Å². The molecule has 94 valence electrons. The number of carbonyl (C=O) groups is 1. The van der Waals surface area contributed by atoms with E-state index in [0.717, 1.165) is 11.5 Å². The minimum Gasteiger partial charge on any atom is -0.397 e. The summed E-state index contributed by atoms with van der Waals surface area (Å²) in [5, 5.41) is 0. The van der Waals surface area contributed by atoms with Gasteiger partial charge in [0.1, 0.15) is 5.82 Å². The van der Waals surface area contributed by atoms with Gasteiger partial charge >= 0.3 is 0 Å². The lowest BCUT2D eigenvalue weighted by Gasteiger charge is -2.13. The molecule has 0 unspecified atom stereocenters. The molecule has 0 spiro atoms. The lowest BCUT2D eigenvalue weighted by Crippen LogP contribution is -2.21. The van der Waals surface area contributed by atoms with Crippen LogP contribution in [-0.2, 0) is 0 Å². The lowest BCUT2D eigenvalue weighted by molar-refractivity contribution is 0.0827. The molecule has 2 rings (SSSR count). The molecule has 0 saturated carbocycles. The van der Waals surface area contributed by atoms with Crippen LogP contribution < -0.4 is 5.73 Å². The van der Waals surface area contributed by atoms with Gasteiger partial charge in [0.2, 0.25) is 0 Å². The molecule has 18 heavy (non-hydrogen) atoms. The number of carbonyl (C=O) groups excluding carboxylic acids is 1. The number of rotatable bonds is 2. The largest absolute Gasteiger partial charge is 0.397 e. The number of benzene rings is 1. The summed E-state index contributed by atoms with van der Waals surface area (Å²) in [6.07, 6.45) is 3.56. The molecule has 0 fully saturated rings. The first kappa shape index (κ1) is 12.2. The van der Waals surface area contributed by atoms with Gasteiger partial charge in [-0.3, -0.25) is 4.79 Å². The van der Waals surface area contributed by atoms with E-state index in [9.17, 15) is 4.79 Å². The van der Waals surface area contributed by atoms with Gasteiger partial charge in [-0.05, 0) is 25.1 Å². The minimum atomic E-state index is -0.0596. The standard InChI is InChI=1S/C13H16N4O/c1-9-15-6-7-17(9)12-5-4-10(8-11(12)14)13(18)16(2)3/h4-8H,14H2,1-3H3.